The number of phenolic OH excluding ortho intramolecular Hbond substituents is 1. The van der Waals surface area contributed by atoms with Gasteiger partial charge < -0.3 is 80.8 Å². The second-order valence-corrected chi connectivity index (χ2v) is 23.7. The number of carbonyl (C=O) groups is 11. The molecule has 2 aliphatic heterocycles. The molecule has 2 aromatic carbocycles. The van der Waals surface area contributed by atoms with Crippen LogP contribution in [0.25, 0.3) is 0 Å². The molecule has 5 rings (SSSR count). The van der Waals surface area contributed by atoms with Gasteiger partial charge in [0.1, 0.15) is 48.0 Å². The van der Waals surface area contributed by atoms with Crippen LogP contribution in [0.1, 0.15) is 94.6 Å². The predicted molar refractivity (Wildman–Crippen MR) is 311 cm³/mol. The maximum atomic E-state index is 15.1. The fourth-order valence-electron chi connectivity index (χ4n) is 9.94. The third kappa shape index (κ3) is 21.2. The second-order valence-electron chi connectivity index (χ2n) is 20.8. The van der Waals surface area contributed by atoms with E-state index in [1.165, 1.54) is 50.6 Å². The van der Waals surface area contributed by atoms with Crippen LogP contribution in [0.4, 0.5) is 0 Å². The van der Waals surface area contributed by atoms with Crippen molar-refractivity contribution in [2.45, 2.75) is 143 Å². The van der Waals surface area contributed by atoms with Crippen LogP contribution < -0.4 is 65.9 Å². The van der Waals surface area contributed by atoms with Gasteiger partial charge in [0.15, 0.2) is 5.96 Å². The number of carbonyl (C=O) groups excluding carboxylic acids is 11. The Morgan fingerprint density at radius 2 is 1.43 bits per heavy atom. The number of hydrogen-bond acceptors (Lipinski definition) is 16. The summed E-state index contributed by atoms with van der Waals surface area (Å²) < 4.78 is -0.762. The van der Waals surface area contributed by atoms with E-state index in [4.69, 9.17) is 28.7 Å². The molecule has 3 aliphatic rings. The highest BCUT2D eigenvalue weighted by atomic mass is 33.1. The van der Waals surface area contributed by atoms with E-state index in [0.29, 0.717) is 30.4 Å². The van der Waals surface area contributed by atoms with Gasteiger partial charge in [-0.05, 0) is 68.2 Å². The number of nitrogens with one attached hydrogen (secondary N) is 7. The van der Waals surface area contributed by atoms with Crippen LogP contribution in [0, 0.1) is 0 Å². The average molecular weight is 1190 g/mol. The number of benzene rings is 2. The SMILES string of the molecule is CN1C(=O)CC2(CCCCC2)SSC[C@H](C(=O)N2CCC[C@H]2C(=O)N[C@@H](CCCN=C(N)N)C(=O)NCC(=O)NCCN)NC(=O)[C@@H](CC(N)=O)NC(=O)[C@H](CCC(N)=O)NC(=O)[C@@H](Cc2ccccc2)NC(=O)[C@@H]1Cc1ccc(O)cc1. The number of nitrogens with zero attached hydrogens (tertiary/aromatic N) is 3. The molecule has 1 aliphatic carbocycles. The van der Waals surface area contributed by atoms with Gasteiger partial charge in [0.2, 0.25) is 65.0 Å². The summed E-state index contributed by atoms with van der Waals surface area (Å²) >= 11 is 0. The molecule has 0 bridgehead atoms. The average Bonchev–Trinajstić information content (AvgIpc) is 4.16. The summed E-state index contributed by atoms with van der Waals surface area (Å²) in [6, 6.07) is 4.82. The Hall–Kier alpha value is -7.66. The van der Waals surface area contributed by atoms with Crippen LogP contribution >= 0.6 is 21.6 Å². The summed E-state index contributed by atoms with van der Waals surface area (Å²) in [7, 11) is 4.01. The number of likely N-dealkylation sites (N-methyl/N-ethyl adjacent to an activating group) is 1. The molecule has 18 N–H and O–H groups in total. The largest absolute Gasteiger partial charge is 0.508 e. The van der Waals surface area contributed by atoms with Crippen molar-refractivity contribution in [3.8, 4) is 5.75 Å². The van der Waals surface area contributed by atoms with Crippen LogP contribution in [0.2, 0.25) is 0 Å². The lowest BCUT2D eigenvalue weighted by molar-refractivity contribution is -0.142. The molecule has 0 aromatic heterocycles. The first kappa shape index (κ1) is 66.1. The zero-order valence-electron chi connectivity index (χ0n) is 46.6. The summed E-state index contributed by atoms with van der Waals surface area (Å²) in [4.78, 5) is 160. The summed E-state index contributed by atoms with van der Waals surface area (Å²) in [5, 5.41) is 28.4. The molecule has 0 radical (unpaired) electrons. The quantitative estimate of drug-likeness (QED) is 0.0262. The van der Waals surface area contributed by atoms with Crippen molar-refractivity contribution < 1.29 is 57.8 Å². The minimum absolute atomic E-state index is 0.0204. The number of hydrogen-bond donors (Lipinski definition) is 13. The number of guanidine groups is 1. The van der Waals surface area contributed by atoms with Gasteiger partial charge in [0.05, 0.1) is 13.0 Å². The number of likely N-dealkylation sites (tertiary alicyclic amines) is 1. The van der Waals surface area contributed by atoms with Gasteiger partial charge in [-0.25, -0.2) is 0 Å². The molecule has 1 spiro atoms. The van der Waals surface area contributed by atoms with Crippen molar-refractivity contribution in [2.75, 3.05) is 45.5 Å². The lowest BCUT2D eigenvalue weighted by atomic mass is 9.85. The van der Waals surface area contributed by atoms with Gasteiger partial charge >= 0.3 is 0 Å². The minimum Gasteiger partial charge on any atom is -0.508 e. The highest BCUT2D eigenvalue weighted by Gasteiger charge is 2.43. The Bertz CT molecular complexity index is 2640. The van der Waals surface area contributed by atoms with Crippen molar-refractivity contribution in [3.05, 3.63) is 65.7 Å². The number of aliphatic imine (C=N–C) groups is 1. The maximum absolute atomic E-state index is 15.1. The van der Waals surface area contributed by atoms with E-state index < -0.39 is 138 Å². The molecule has 11 amide bonds. The van der Waals surface area contributed by atoms with Crippen LogP contribution in [0.15, 0.2) is 59.6 Å². The summed E-state index contributed by atoms with van der Waals surface area (Å²) in [6.07, 6.45) is 2.28. The molecular weight excluding hydrogens is 1110 g/mol. The van der Waals surface area contributed by atoms with Gasteiger partial charge in [-0.3, -0.25) is 57.7 Å². The predicted octanol–water partition coefficient (Wildman–Crippen LogP) is -2.71. The molecule has 29 heteroatoms. The molecule has 3 fully saturated rings. The van der Waals surface area contributed by atoms with Gasteiger partial charge in [0.25, 0.3) is 0 Å². The van der Waals surface area contributed by atoms with E-state index >= 15 is 4.79 Å². The molecule has 83 heavy (non-hydrogen) atoms. The van der Waals surface area contributed by atoms with Crippen molar-refractivity contribution in [2.24, 2.45) is 33.7 Å². The smallest absolute Gasteiger partial charge is 0.246 e. The van der Waals surface area contributed by atoms with E-state index in [1.54, 1.807) is 42.5 Å². The van der Waals surface area contributed by atoms with E-state index in [2.05, 4.69) is 42.2 Å². The third-order valence-electron chi connectivity index (χ3n) is 14.4. The molecular formula is C54H79N15O12S2. The monoisotopic (exact) mass is 1190 g/mol. The number of nitrogens with two attached hydrogens (primary N) is 5. The fourth-order valence-corrected chi connectivity index (χ4v) is 13.3. The Morgan fingerprint density at radius 1 is 0.783 bits per heavy atom. The molecule has 7 atom stereocenters. The lowest BCUT2D eigenvalue weighted by Crippen LogP contribution is -2.61. The zero-order chi connectivity index (χ0) is 60.6. The van der Waals surface area contributed by atoms with Crippen LogP contribution in [0.3, 0.4) is 0 Å². The van der Waals surface area contributed by atoms with Gasteiger partial charge in [-0.2, -0.15) is 0 Å². The highest BCUT2D eigenvalue weighted by molar-refractivity contribution is 8.77. The minimum atomic E-state index is -1.78. The van der Waals surface area contributed by atoms with E-state index in [9.17, 15) is 53.1 Å². The number of primary amides is 2. The molecule has 1 saturated carbocycles. The third-order valence-corrected chi connectivity index (χ3v) is 17.7. The lowest BCUT2D eigenvalue weighted by Gasteiger charge is -2.38. The Labute approximate surface area is 489 Å². The topological polar surface area (TPSA) is 441 Å². The van der Waals surface area contributed by atoms with E-state index in [-0.39, 0.29) is 82.2 Å². The molecule has 0 unspecified atom stereocenters. The highest BCUT2D eigenvalue weighted by Crippen LogP contribution is 2.49. The van der Waals surface area contributed by atoms with Gasteiger partial charge in [0, 0.05) is 69.4 Å². The Morgan fingerprint density at radius 3 is 2.10 bits per heavy atom. The van der Waals surface area contributed by atoms with Crippen LogP contribution in [0.5, 0.6) is 5.75 Å². The molecule has 2 aromatic rings. The number of aromatic hydroxyl groups is 1. The fraction of sp³-hybridized carbons (Fsp3) is 0.556. The molecule has 27 nitrogen and oxygen atoms in total. The zero-order valence-corrected chi connectivity index (χ0v) is 48.2. The first-order chi connectivity index (χ1) is 39.6. The maximum Gasteiger partial charge on any atom is 0.246 e. The van der Waals surface area contributed by atoms with Crippen molar-refractivity contribution in [1.29, 1.82) is 0 Å². The van der Waals surface area contributed by atoms with Gasteiger partial charge in [-0.1, -0.05) is 83.3 Å². The van der Waals surface area contributed by atoms with E-state index in [0.717, 1.165) is 19.3 Å². The van der Waals surface area contributed by atoms with E-state index in [1.807, 2.05) is 0 Å². The normalized spacial score (nSPS) is 22.4. The van der Waals surface area contributed by atoms with Crippen LogP contribution in [-0.4, -0.2) is 178 Å². The van der Waals surface area contributed by atoms with Crippen LogP contribution in [-0.2, 0) is 65.6 Å². The first-order valence-corrected chi connectivity index (χ1v) is 30.0. The number of amides is 11. The summed E-state index contributed by atoms with van der Waals surface area (Å²) in [5.74, 6) is -9.15. The molecule has 2 heterocycles. The molecule has 454 valence electrons. The summed E-state index contributed by atoms with van der Waals surface area (Å²) in [5.41, 5.74) is 28.8. The standard InChI is InChI=1S/C54H79N15O12S2/c1-68-41(27-33-14-16-34(70)17-15-33)51(80)66-37(26-32-10-4-2-5-11-32)48(77)63-36(18-19-42(56)71)47(76)65-38(28-43(57)72)49(78)67-39(31-82-83-54(29-45(68)74)20-6-3-7-21-54)52(81)69-25-9-13-40(69)50(79)64-35(12-8-23-61-53(58)59)46(75)62-30-44(73)60-24-22-55/h2,4-5,10-11,14-17,35-41,70H,3,6-9,12-13,18-31,55H2,1H3,(H2,56,71)(H2,57,72)(H,60,73)(H,62,75)(H,63,77)(H,64,79)(H,65,76)(H,66,80)(H,67,78)(H4,58,59,61)/t35-,36-,37+,38+,39+,40-,41-/m0/s1. The van der Waals surface area contributed by atoms with Crippen molar-refractivity contribution >= 4 is 92.5 Å². The Balaban J connectivity index is 1.54. The second kappa shape index (κ2) is 32.8. The Kier molecular flexibility index (Phi) is 26.2. The van der Waals surface area contributed by atoms with Gasteiger partial charge in [-0.15, -0.1) is 0 Å². The number of rotatable bonds is 21. The molecule has 2 saturated heterocycles. The summed E-state index contributed by atoms with van der Waals surface area (Å²) in [6.45, 7) is 0.0304. The first-order valence-electron chi connectivity index (χ1n) is 27.7. The van der Waals surface area contributed by atoms with Crippen molar-refractivity contribution in [1.82, 2.24) is 47.0 Å². The van der Waals surface area contributed by atoms with Crippen molar-refractivity contribution in [3.63, 3.8) is 0 Å². The number of phenols is 1.